The first-order chi connectivity index (χ1) is 17.6. The lowest BCUT2D eigenvalue weighted by Crippen LogP contribution is -2.29. The molecule has 1 unspecified atom stereocenters. The Kier molecular flexibility index (Phi) is 6.25. The maximum atomic E-state index is 13.9. The highest BCUT2D eigenvalue weighted by atomic mass is 79.9. The smallest absolute Gasteiger partial charge is 0.301 e. The highest BCUT2D eigenvalue weighted by molar-refractivity contribution is 9.10. The molecule has 1 amide bonds. The minimum absolute atomic E-state index is 0.105. The Labute approximate surface area is 223 Å². The third-order valence-electron chi connectivity index (χ3n) is 6.22. The minimum atomic E-state index is -1.10. The van der Waals surface area contributed by atoms with Gasteiger partial charge in [0.1, 0.15) is 11.6 Å². The molecule has 10 heteroatoms. The van der Waals surface area contributed by atoms with E-state index in [1.807, 2.05) is 19.1 Å². The van der Waals surface area contributed by atoms with Crippen LogP contribution in [0.4, 0.5) is 9.52 Å². The minimum Gasteiger partial charge on any atom is -0.507 e. The van der Waals surface area contributed by atoms with Gasteiger partial charge in [0.25, 0.3) is 5.78 Å². The molecule has 1 atom stereocenters. The Morgan fingerprint density at radius 1 is 1.14 bits per heavy atom. The molecule has 1 aliphatic heterocycles. The molecule has 5 rings (SSSR count). The van der Waals surface area contributed by atoms with Crippen molar-refractivity contribution in [3.63, 3.8) is 0 Å². The number of Topliss-reactive ketones (excluding diaryl/α,β-unsaturated/α-hetero) is 1. The molecule has 7 nitrogen and oxygen atoms in total. The number of benzene rings is 3. The second-order valence-electron chi connectivity index (χ2n) is 8.65. The van der Waals surface area contributed by atoms with Crippen molar-refractivity contribution in [1.82, 2.24) is 4.98 Å². The van der Waals surface area contributed by atoms with E-state index in [-0.39, 0.29) is 32.4 Å². The van der Waals surface area contributed by atoms with Gasteiger partial charge in [0.15, 0.2) is 16.6 Å². The zero-order valence-electron chi connectivity index (χ0n) is 19.9. The number of ketones is 1. The van der Waals surface area contributed by atoms with Gasteiger partial charge in [0.05, 0.1) is 33.4 Å². The van der Waals surface area contributed by atoms with Crippen molar-refractivity contribution in [3.05, 3.63) is 86.6 Å². The molecule has 4 aromatic rings. The number of aromatic nitrogens is 1. The summed E-state index contributed by atoms with van der Waals surface area (Å²) in [6.07, 6.45) is 0. The van der Waals surface area contributed by atoms with E-state index < -0.39 is 23.5 Å². The largest absolute Gasteiger partial charge is 0.507 e. The summed E-state index contributed by atoms with van der Waals surface area (Å²) in [5.74, 6) is -2.62. The fraction of sp³-hybridized carbons (Fsp3) is 0.148. The average Bonchev–Trinajstić information content (AvgIpc) is 3.39. The first-order valence-corrected chi connectivity index (χ1v) is 12.7. The zero-order chi connectivity index (χ0) is 26.6. The van der Waals surface area contributed by atoms with E-state index in [1.165, 1.54) is 36.3 Å². The molecule has 2 N–H and O–H groups in total. The lowest BCUT2D eigenvalue weighted by Gasteiger charge is -2.24. The van der Waals surface area contributed by atoms with Crippen molar-refractivity contribution < 1.29 is 28.9 Å². The number of amides is 1. The average molecular weight is 583 g/mol. The summed E-state index contributed by atoms with van der Waals surface area (Å²) in [7, 11) is 1.38. The van der Waals surface area contributed by atoms with Gasteiger partial charge >= 0.3 is 5.91 Å². The van der Waals surface area contributed by atoms with Crippen LogP contribution in [0.25, 0.3) is 16.0 Å². The lowest BCUT2D eigenvalue weighted by atomic mass is 9.93. The molecule has 1 aromatic heterocycles. The number of methoxy groups -OCH3 is 1. The van der Waals surface area contributed by atoms with Gasteiger partial charge in [-0.05, 0) is 77.3 Å². The van der Waals surface area contributed by atoms with Crippen LogP contribution in [0.1, 0.15) is 28.3 Å². The number of halogens is 2. The predicted molar refractivity (Wildman–Crippen MR) is 143 cm³/mol. The van der Waals surface area contributed by atoms with E-state index in [0.717, 1.165) is 16.9 Å². The number of nitrogens with zero attached hydrogens (tertiary/aromatic N) is 2. The molecule has 188 valence electrons. The first kappa shape index (κ1) is 24.9. The molecular weight excluding hydrogens is 563 g/mol. The summed E-state index contributed by atoms with van der Waals surface area (Å²) < 4.78 is 19.9. The molecular formula is C27H20BrFN2O5S. The fourth-order valence-electron chi connectivity index (χ4n) is 4.38. The summed E-state index contributed by atoms with van der Waals surface area (Å²) in [4.78, 5) is 32.6. The van der Waals surface area contributed by atoms with Crippen LogP contribution in [0, 0.1) is 19.7 Å². The van der Waals surface area contributed by atoms with Crippen molar-refractivity contribution in [2.24, 2.45) is 0 Å². The second kappa shape index (κ2) is 9.28. The fourth-order valence-corrected chi connectivity index (χ4v) is 5.85. The number of carbonyl (C=O) groups is 2. The molecule has 37 heavy (non-hydrogen) atoms. The van der Waals surface area contributed by atoms with Gasteiger partial charge in [-0.1, -0.05) is 29.0 Å². The monoisotopic (exact) mass is 582 g/mol. The van der Waals surface area contributed by atoms with E-state index in [4.69, 9.17) is 4.74 Å². The van der Waals surface area contributed by atoms with Gasteiger partial charge in [0.2, 0.25) is 0 Å². The van der Waals surface area contributed by atoms with Gasteiger partial charge in [-0.2, -0.15) is 0 Å². The number of thiazole rings is 1. The molecule has 1 fully saturated rings. The number of aliphatic hydroxyl groups excluding tert-OH is 1. The summed E-state index contributed by atoms with van der Waals surface area (Å²) in [5, 5.41) is 22.0. The van der Waals surface area contributed by atoms with Crippen LogP contribution in [0.3, 0.4) is 0 Å². The normalized spacial score (nSPS) is 17.1. The van der Waals surface area contributed by atoms with Crippen LogP contribution in [0.5, 0.6) is 11.5 Å². The van der Waals surface area contributed by atoms with E-state index in [0.29, 0.717) is 26.9 Å². The highest BCUT2D eigenvalue weighted by Crippen LogP contribution is 2.47. The number of fused-ring (bicyclic) bond motifs is 1. The molecule has 2 heterocycles. The second-order valence-corrected chi connectivity index (χ2v) is 10.5. The number of carbonyl (C=O) groups excluding carboxylic acids is 2. The Morgan fingerprint density at radius 2 is 1.89 bits per heavy atom. The Morgan fingerprint density at radius 3 is 2.62 bits per heavy atom. The predicted octanol–water partition coefficient (Wildman–Crippen LogP) is 6.16. The number of anilines is 1. The summed E-state index contributed by atoms with van der Waals surface area (Å²) in [5.41, 5.74) is 2.70. The number of phenolic OH excluding ortho intramolecular Hbond substituents is 1. The molecule has 1 aliphatic rings. The van der Waals surface area contributed by atoms with E-state index >= 15 is 0 Å². The van der Waals surface area contributed by atoms with Crippen molar-refractivity contribution in [3.8, 4) is 11.5 Å². The number of hydrogen-bond acceptors (Lipinski definition) is 7. The number of rotatable bonds is 4. The molecule has 0 radical (unpaired) electrons. The highest BCUT2D eigenvalue weighted by Gasteiger charge is 2.48. The maximum absolute atomic E-state index is 13.9. The van der Waals surface area contributed by atoms with Crippen molar-refractivity contribution in [2.75, 3.05) is 12.0 Å². The lowest BCUT2D eigenvalue weighted by molar-refractivity contribution is -0.132. The number of hydrogen-bond donors (Lipinski definition) is 2. The molecule has 0 bridgehead atoms. The van der Waals surface area contributed by atoms with Crippen molar-refractivity contribution in [2.45, 2.75) is 19.9 Å². The first-order valence-electron chi connectivity index (χ1n) is 11.1. The third kappa shape index (κ3) is 4.15. The SMILES string of the molecule is COc1cc(C2C(=C(O)c3cc(C)ccc3C)C(=O)C(=O)N2c2nc3ccc(F)cc3s2)cc(Br)c1O. The number of phenols is 1. The van der Waals surface area contributed by atoms with Gasteiger partial charge in [-0.15, -0.1) is 0 Å². The summed E-state index contributed by atoms with van der Waals surface area (Å²) in [6.45, 7) is 3.65. The van der Waals surface area contributed by atoms with Crippen molar-refractivity contribution in [1.29, 1.82) is 0 Å². The third-order valence-corrected chi connectivity index (χ3v) is 7.85. The number of aliphatic hydroxyl groups is 1. The van der Waals surface area contributed by atoms with Gasteiger partial charge in [-0.3, -0.25) is 14.5 Å². The van der Waals surface area contributed by atoms with Gasteiger partial charge < -0.3 is 14.9 Å². The molecule has 3 aromatic carbocycles. The van der Waals surface area contributed by atoms with Crippen LogP contribution >= 0.6 is 27.3 Å². The molecule has 0 saturated carbocycles. The van der Waals surface area contributed by atoms with Crippen LogP contribution in [-0.2, 0) is 9.59 Å². The van der Waals surface area contributed by atoms with Crippen LogP contribution in [-0.4, -0.2) is 34.0 Å². The van der Waals surface area contributed by atoms with Gasteiger partial charge in [0, 0.05) is 5.56 Å². The number of aryl methyl sites for hydroxylation is 2. The van der Waals surface area contributed by atoms with E-state index in [9.17, 15) is 24.2 Å². The van der Waals surface area contributed by atoms with E-state index in [2.05, 4.69) is 20.9 Å². The van der Waals surface area contributed by atoms with Crippen molar-refractivity contribution >= 4 is 60.1 Å². The molecule has 1 saturated heterocycles. The quantitative estimate of drug-likeness (QED) is 0.170. The van der Waals surface area contributed by atoms with Crippen LogP contribution in [0.2, 0.25) is 0 Å². The topological polar surface area (TPSA) is 100.0 Å². The Bertz CT molecular complexity index is 1650. The maximum Gasteiger partial charge on any atom is 0.301 e. The standard InChI is InChI=1S/C27H20BrFN2O5S/c1-12-4-5-13(2)16(8-12)23(32)21-22(14-9-17(28)24(33)19(10-14)36-3)31(26(35)25(21)34)27-30-18-7-6-15(29)11-20(18)37-27/h4-11,22,32-33H,1-3H3. The summed E-state index contributed by atoms with van der Waals surface area (Å²) in [6, 6.07) is 11.4. The molecule has 0 aliphatic carbocycles. The van der Waals surface area contributed by atoms with E-state index in [1.54, 1.807) is 19.1 Å². The summed E-state index contributed by atoms with van der Waals surface area (Å²) >= 11 is 4.35. The Hall–Kier alpha value is -3.76. The zero-order valence-corrected chi connectivity index (χ0v) is 22.3. The molecule has 0 spiro atoms. The number of ether oxygens (including phenoxy) is 1. The van der Waals surface area contributed by atoms with Crippen LogP contribution < -0.4 is 9.64 Å². The van der Waals surface area contributed by atoms with Gasteiger partial charge in [-0.25, -0.2) is 9.37 Å². The Balaban J connectivity index is 1.80. The van der Waals surface area contributed by atoms with Crippen LogP contribution in [0.15, 0.2) is 58.6 Å². The number of aromatic hydroxyl groups is 1.